The summed E-state index contributed by atoms with van der Waals surface area (Å²) in [5.74, 6) is -0.115. The summed E-state index contributed by atoms with van der Waals surface area (Å²) < 4.78 is 11.8. The molecule has 0 unspecified atom stereocenters. The average Bonchev–Trinajstić information content (AvgIpc) is 2.34. The molecular weight excluding hydrogens is 153 g/mol. The van der Waals surface area contributed by atoms with E-state index in [4.69, 9.17) is 0 Å². The van der Waals surface area contributed by atoms with E-state index in [1.807, 2.05) is 0 Å². The van der Waals surface area contributed by atoms with Crippen molar-refractivity contribution >= 4 is 17.1 Å². The summed E-state index contributed by atoms with van der Waals surface area (Å²) in [5, 5.41) is 1.93. The van der Waals surface area contributed by atoms with Crippen LogP contribution in [0.5, 0.6) is 0 Å². The lowest BCUT2D eigenvalue weighted by Gasteiger charge is -1.81. The number of hydrogen-bond donors (Lipinski definition) is 0. The van der Waals surface area contributed by atoms with Gasteiger partial charge in [-0.3, -0.25) is 4.79 Å². The molecular formula is C6H6FNOS. The highest BCUT2D eigenvalue weighted by Gasteiger charge is 2.04. The van der Waals surface area contributed by atoms with Crippen molar-refractivity contribution in [3.8, 4) is 0 Å². The number of hydrogen-bond acceptors (Lipinski definition) is 3. The second kappa shape index (κ2) is 2.88. The molecule has 0 bridgehead atoms. The Bertz CT molecular complexity index is 246. The van der Waals surface area contributed by atoms with Gasteiger partial charge < -0.3 is 0 Å². The summed E-state index contributed by atoms with van der Waals surface area (Å²) >= 11 is 1.17. The monoisotopic (exact) mass is 159 g/mol. The molecule has 0 N–H and O–H groups in total. The molecule has 1 heterocycles. The normalized spacial score (nSPS) is 9.80. The minimum atomic E-state index is -0.585. The molecule has 0 aromatic carbocycles. The van der Waals surface area contributed by atoms with Crippen molar-refractivity contribution in [3.63, 3.8) is 0 Å². The van der Waals surface area contributed by atoms with Crippen molar-refractivity contribution in [2.75, 3.05) is 0 Å². The van der Waals surface area contributed by atoms with Crippen LogP contribution in [0.3, 0.4) is 0 Å². The predicted molar refractivity (Wildman–Crippen MR) is 36.9 cm³/mol. The van der Waals surface area contributed by atoms with Crippen LogP contribution in [0.25, 0.3) is 0 Å². The molecule has 1 aromatic heterocycles. The zero-order valence-electron chi connectivity index (χ0n) is 5.43. The molecule has 0 fully saturated rings. The molecule has 0 saturated carbocycles. The van der Waals surface area contributed by atoms with Crippen LogP contribution in [0.2, 0.25) is 0 Å². The Morgan fingerprint density at radius 2 is 2.60 bits per heavy atom. The van der Waals surface area contributed by atoms with Crippen molar-refractivity contribution in [2.45, 2.75) is 13.6 Å². The van der Waals surface area contributed by atoms with Crippen LogP contribution in [0.1, 0.15) is 22.4 Å². The van der Waals surface area contributed by atoms with Crippen LogP contribution in [-0.4, -0.2) is 10.8 Å². The van der Waals surface area contributed by atoms with E-state index < -0.39 is 6.67 Å². The number of aromatic nitrogens is 1. The Hall–Kier alpha value is -0.770. The van der Waals surface area contributed by atoms with E-state index in [9.17, 15) is 9.18 Å². The first kappa shape index (κ1) is 7.34. The minimum absolute atomic E-state index is 0.115. The maximum Gasteiger partial charge on any atom is 0.178 e. The number of halogens is 1. The van der Waals surface area contributed by atoms with Crippen molar-refractivity contribution in [1.82, 2.24) is 4.98 Å². The Kier molecular flexibility index (Phi) is 2.11. The number of nitrogens with zero attached hydrogens (tertiary/aromatic N) is 1. The molecule has 1 rings (SSSR count). The van der Waals surface area contributed by atoms with Gasteiger partial charge in [0.15, 0.2) is 5.78 Å². The van der Waals surface area contributed by atoms with Gasteiger partial charge in [-0.2, -0.15) is 0 Å². The smallest absolute Gasteiger partial charge is 0.178 e. The van der Waals surface area contributed by atoms with Crippen molar-refractivity contribution in [1.29, 1.82) is 0 Å². The van der Waals surface area contributed by atoms with Gasteiger partial charge in [-0.1, -0.05) is 0 Å². The SMILES string of the molecule is CC(=O)c1csc(CF)n1. The van der Waals surface area contributed by atoms with Crippen LogP contribution in [0.15, 0.2) is 5.38 Å². The first-order chi connectivity index (χ1) is 4.74. The summed E-state index contributed by atoms with van der Waals surface area (Å²) in [4.78, 5) is 14.3. The number of ketones is 1. The van der Waals surface area contributed by atoms with Crippen LogP contribution in [0.4, 0.5) is 4.39 Å². The third-order valence-corrected chi connectivity index (χ3v) is 1.84. The van der Waals surface area contributed by atoms with Gasteiger partial charge in [0.1, 0.15) is 17.4 Å². The molecule has 0 aliphatic rings. The van der Waals surface area contributed by atoms with Gasteiger partial charge in [0.25, 0.3) is 0 Å². The highest BCUT2D eigenvalue weighted by atomic mass is 32.1. The second-order valence-corrected chi connectivity index (χ2v) is 2.76. The molecule has 54 valence electrons. The van der Waals surface area contributed by atoms with E-state index >= 15 is 0 Å². The molecule has 0 spiro atoms. The van der Waals surface area contributed by atoms with Gasteiger partial charge in [-0.15, -0.1) is 11.3 Å². The Balaban J connectivity index is 2.88. The fourth-order valence-electron chi connectivity index (χ4n) is 0.534. The van der Waals surface area contributed by atoms with Gasteiger partial charge in [-0.25, -0.2) is 9.37 Å². The van der Waals surface area contributed by atoms with Gasteiger partial charge in [0.2, 0.25) is 0 Å². The molecule has 0 atom stereocenters. The lowest BCUT2D eigenvalue weighted by molar-refractivity contribution is 0.101. The number of alkyl halides is 1. The summed E-state index contributed by atoms with van der Waals surface area (Å²) in [7, 11) is 0. The van der Waals surface area contributed by atoms with E-state index in [1.165, 1.54) is 18.3 Å². The molecule has 0 aliphatic carbocycles. The highest BCUT2D eigenvalue weighted by Crippen LogP contribution is 2.10. The van der Waals surface area contributed by atoms with Crippen LogP contribution in [-0.2, 0) is 6.67 Å². The quantitative estimate of drug-likeness (QED) is 0.616. The first-order valence-electron chi connectivity index (χ1n) is 2.75. The van der Waals surface area contributed by atoms with Crippen molar-refractivity contribution in [3.05, 3.63) is 16.1 Å². The van der Waals surface area contributed by atoms with Crippen LogP contribution >= 0.6 is 11.3 Å². The lowest BCUT2D eigenvalue weighted by Crippen LogP contribution is -1.91. The molecule has 4 heteroatoms. The van der Waals surface area contributed by atoms with E-state index in [1.54, 1.807) is 5.38 Å². The van der Waals surface area contributed by atoms with Crippen LogP contribution < -0.4 is 0 Å². The average molecular weight is 159 g/mol. The molecule has 0 amide bonds. The van der Waals surface area contributed by atoms with E-state index in [0.717, 1.165) is 0 Å². The summed E-state index contributed by atoms with van der Waals surface area (Å²) in [6.07, 6.45) is 0. The molecule has 10 heavy (non-hydrogen) atoms. The molecule has 0 radical (unpaired) electrons. The second-order valence-electron chi connectivity index (χ2n) is 1.82. The molecule has 1 aromatic rings. The standard InChI is InChI=1S/C6H6FNOS/c1-4(9)5-3-10-6(2-7)8-5/h3H,2H2,1H3. The summed E-state index contributed by atoms with van der Waals surface area (Å²) in [5.41, 5.74) is 0.359. The predicted octanol–water partition coefficient (Wildman–Crippen LogP) is 1.82. The zero-order chi connectivity index (χ0) is 7.56. The molecule has 0 aliphatic heterocycles. The van der Waals surface area contributed by atoms with Crippen LogP contribution in [0, 0.1) is 0 Å². The topological polar surface area (TPSA) is 30.0 Å². The van der Waals surface area contributed by atoms with E-state index in [-0.39, 0.29) is 5.78 Å². The third-order valence-electron chi connectivity index (χ3n) is 1.03. The van der Waals surface area contributed by atoms with Crippen molar-refractivity contribution in [2.24, 2.45) is 0 Å². The fraction of sp³-hybridized carbons (Fsp3) is 0.333. The Labute approximate surface area is 61.7 Å². The Morgan fingerprint density at radius 1 is 1.90 bits per heavy atom. The minimum Gasteiger partial charge on any atom is -0.293 e. The van der Waals surface area contributed by atoms with Gasteiger partial charge in [0.05, 0.1) is 0 Å². The number of thiazole rings is 1. The summed E-state index contributed by atoms with van der Waals surface area (Å²) in [6, 6.07) is 0. The number of rotatable bonds is 2. The largest absolute Gasteiger partial charge is 0.293 e. The first-order valence-corrected chi connectivity index (χ1v) is 3.63. The number of Topliss-reactive ketones (excluding diaryl/α,β-unsaturated/α-hetero) is 1. The Morgan fingerprint density at radius 3 is 2.90 bits per heavy atom. The van der Waals surface area contributed by atoms with Gasteiger partial charge in [-0.05, 0) is 0 Å². The fourth-order valence-corrected chi connectivity index (χ4v) is 1.21. The third kappa shape index (κ3) is 1.39. The lowest BCUT2D eigenvalue weighted by atomic mass is 10.4. The number of carbonyl (C=O) groups excluding carboxylic acids is 1. The number of carbonyl (C=O) groups is 1. The van der Waals surface area contributed by atoms with E-state index in [0.29, 0.717) is 10.7 Å². The zero-order valence-corrected chi connectivity index (χ0v) is 6.24. The van der Waals surface area contributed by atoms with E-state index in [2.05, 4.69) is 4.98 Å². The maximum absolute atomic E-state index is 11.8. The maximum atomic E-state index is 11.8. The van der Waals surface area contributed by atoms with Gasteiger partial charge >= 0.3 is 0 Å². The summed E-state index contributed by atoms with van der Waals surface area (Å²) in [6.45, 7) is 0.828. The highest BCUT2D eigenvalue weighted by molar-refractivity contribution is 7.09. The molecule has 0 saturated heterocycles. The molecule has 2 nitrogen and oxygen atoms in total. The van der Waals surface area contributed by atoms with Gasteiger partial charge in [0, 0.05) is 12.3 Å². The van der Waals surface area contributed by atoms with Crippen molar-refractivity contribution < 1.29 is 9.18 Å².